The number of pyridine rings is 2. The second-order valence-electron chi connectivity index (χ2n) is 7.33. The lowest BCUT2D eigenvalue weighted by atomic mass is 9.86. The molecule has 0 spiro atoms. The molecule has 1 atom stereocenters. The van der Waals surface area contributed by atoms with Gasteiger partial charge in [-0.2, -0.15) is 0 Å². The van der Waals surface area contributed by atoms with Gasteiger partial charge in [-0.05, 0) is 43.2 Å². The first-order valence-electron chi connectivity index (χ1n) is 9.11. The summed E-state index contributed by atoms with van der Waals surface area (Å²) in [5, 5.41) is 12.5. The molecule has 0 saturated carbocycles. The van der Waals surface area contributed by atoms with E-state index in [1.54, 1.807) is 23.6 Å². The van der Waals surface area contributed by atoms with Crippen molar-refractivity contribution in [1.29, 1.82) is 0 Å². The van der Waals surface area contributed by atoms with Crippen molar-refractivity contribution < 1.29 is 14.6 Å². The number of aliphatic hydroxyl groups is 1. The van der Waals surface area contributed by atoms with Crippen LogP contribution >= 0.6 is 11.6 Å². The van der Waals surface area contributed by atoms with Crippen LogP contribution in [-0.2, 0) is 28.3 Å². The normalized spacial score (nSPS) is 19.9. The zero-order valence-corrected chi connectivity index (χ0v) is 16.1. The molecule has 142 valence electrons. The highest BCUT2D eigenvalue weighted by atomic mass is 35.5. The zero-order valence-electron chi connectivity index (χ0n) is 15.4. The molecule has 1 N–H and O–H groups in total. The van der Waals surface area contributed by atoms with Crippen molar-refractivity contribution in [3.05, 3.63) is 61.9 Å². The van der Waals surface area contributed by atoms with Gasteiger partial charge in [-0.15, -0.1) is 0 Å². The molecule has 28 heavy (non-hydrogen) atoms. The molecule has 0 unspecified atom stereocenters. The maximum Gasteiger partial charge on any atom is 0.343 e. The van der Waals surface area contributed by atoms with E-state index in [1.807, 2.05) is 19.1 Å². The lowest BCUT2D eigenvalue weighted by Gasteiger charge is -2.31. The van der Waals surface area contributed by atoms with E-state index in [1.165, 1.54) is 0 Å². The van der Waals surface area contributed by atoms with Gasteiger partial charge in [0.25, 0.3) is 5.56 Å². The molecule has 0 aliphatic carbocycles. The number of ether oxygens (including phenoxy) is 1. The standard InChI is InChI=1S/C21H17ClN2O4/c1-3-21(27)15-7-17-18-13(8-24(17)19(25)14(15)9-28-20(21)26)10(2)12-6-11(22)4-5-16(12)23-18/h4-7,27H,3,8-9H2,1-2H3/t21-/m0/s1. The van der Waals surface area contributed by atoms with Crippen LogP contribution in [0.1, 0.15) is 35.6 Å². The summed E-state index contributed by atoms with van der Waals surface area (Å²) < 4.78 is 6.73. The first-order valence-corrected chi connectivity index (χ1v) is 9.49. The Kier molecular flexibility index (Phi) is 3.51. The Morgan fingerprint density at radius 1 is 1.29 bits per heavy atom. The van der Waals surface area contributed by atoms with Crippen LogP contribution < -0.4 is 5.56 Å². The van der Waals surface area contributed by atoms with E-state index < -0.39 is 11.6 Å². The number of esters is 1. The average molecular weight is 397 g/mol. The smallest absolute Gasteiger partial charge is 0.343 e. The number of benzene rings is 1. The molecule has 0 amide bonds. The fraction of sp³-hybridized carbons (Fsp3) is 0.286. The van der Waals surface area contributed by atoms with Crippen LogP contribution in [0.2, 0.25) is 5.02 Å². The topological polar surface area (TPSA) is 81.4 Å². The summed E-state index contributed by atoms with van der Waals surface area (Å²) in [6.45, 7) is 3.94. The Morgan fingerprint density at radius 2 is 2.07 bits per heavy atom. The Bertz CT molecular complexity index is 1260. The van der Waals surface area contributed by atoms with Crippen LogP contribution in [0.3, 0.4) is 0 Å². The van der Waals surface area contributed by atoms with E-state index in [-0.39, 0.29) is 18.6 Å². The minimum absolute atomic E-state index is 0.122. The summed E-state index contributed by atoms with van der Waals surface area (Å²) in [5.41, 5.74) is 2.63. The SMILES string of the molecule is CC[C@@]1(O)C(=O)OCc2c1cc1n(c2=O)Cc2c-1nc1ccc(Cl)cc1c2C. The van der Waals surface area contributed by atoms with Gasteiger partial charge in [-0.25, -0.2) is 9.78 Å². The van der Waals surface area contributed by atoms with Gasteiger partial charge in [0.2, 0.25) is 0 Å². The molecule has 3 aromatic rings. The molecule has 5 rings (SSSR count). The molecule has 6 nitrogen and oxygen atoms in total. The van der Waals surface area contributed by atoms with E-state index in [0.717, 1.165) is 22.0 Å². The van der Waals surface area contributed by atoms with Crippen LogP contribution in [0, 0.1) is 6.92 Å². The largest absolute Gasteiger partial charge is 0.458 e. The Labute approximate surface area is 165 Å². The quantitative estimate of drug-likeness (QED) is 0.500. The third-order valence-corrected chi connectivity index (χ3v) is 6.17. The lowest BCUT2D eigenvalue weighted by Crippen LogP contribution is -2.44. The first-order chi connectivity index (χ1) is 13.3. The predicted octanol–water partition coefficient (Wildman–Crippen LogP) is 3.04. The number of halogens is 1. The number of aryl methyl sites for hydroxylation is 1. The van der Waals surface area contributed by atoms with Crippen molar-refractivity contribution in [2.45, 2.75) is 39.0 Å². The number of aromatic nitrogens is 2. The van der Waals surface area contributed by atoms with Crippen molar-refractivity contribution in [2.24, 2.45) is 0 Å². The summed E-state index contributed by atoms with van der Waals surface area (Å²) in [5.74, 6) is -0.720. The summed E-state index contributed by atoms with van der Waals surface area (Å²) in [6.07, 6.45) is 0.122. The molecule has 7 heteroatoms. The molecule has 1 aromatic carbocycles. The van der Waals surface area contributed by atoms with E-state index in [2.05, 4.69) is 0 Å². The third-order valence-electron chi connectivity index (χ3n) is 5.94. The number of hydrogen-bond acceptors (Lipinski definition) is 5. The maximum absolute atomic E-state index is 13.2. The van der Waals surface area contributed by atoms with Crippen LogP contribution in [0.25, 0.3) is 22.3 Å². The molecule has 0 radical (unpaired) electrons. The fourth-order valence-corrected chi connectivity index (χ4v) is 4.42. The monoisotopic (exact) mass is 396 g/mol. The Morgan fingerprint density at radius 3 is 2.82 bits per heavy atom. The summed E-state index contributed by atoms with van der Waals surface area (Å²) in [7, 11) is 0. The van der Waals surface area contributed by atoms with Crippen LogP contribution in [0.4, 0.5) is 0 Å². The number of carbonyl (C=O) groups excluding carboxylic acids is 1. The minimum atomic E-state index is -1.81. The summed E-state index contributed by atoms with van der Waals surface area (Å²) >= 11 is 6.15. The number of nitrogens with zero attached hydrogens (tertiary/aromatic N) is 2. The Hall–Kier alpha value is -2.70. The van der Waals surface area contributed by atoms with E-state index in [0.29, 0.717) is 34.1 Å². The van der Waals surface area contributed by atoms with E-state index >= 15 is 0 Å². The van der Waals surface area contributed by atoms with Gasteiger partial charge in [-0.3, -0.25) is 4.79 Å². The summed E-state index contributed by atoms with van der Waals surface area (Å²) in [6, 6.07) is 7.23. The van der Waals surface area contributed by atoms with Crippen molar-refractivity contribution in [2.75, 3.05) is 0 Å². The van der Waals surface area contributed by atoms with Gasteiger partial charge in [0, 0.05) is 21.5 Å². The van der Waals surface area contributed by atoms with E-state index in [4.69, 9.17) is 21.3 Å². The van der Waals surface area contributed by atoms with Gasteiger partial charge in [0.05, 0.1) is 29.0 Å². The highest BCUT2D eigenvalue weighted by molar-refractivity contribution is 6.31. The summed E-state index contributed by atoms with van der Waals surface area (Å²) in [4.78, 5) is 30.1. The number of rotatable bonds is 1. The highest BCUT2D eigenvalue weighted by Gasteiger charge is 2.45. The molecule has 2 aromatic heterocycles. The number of fused-ring (bicyclic) bond motifs is 5. The molecular weight excluding hydrogens is 380 g/mol. The molecule has 2 aliphatic heterocycles. The van der Waals surface area contributed by atoms with Gasteiger partial charge >= 0.3 is 5.97 Å². The molecule has 2 aliphatic rings. The predicted molar refractivity (Wildman–Crippen MR) is 104 cm³/mol. The van der Waals surface area contributed by atoms with Crippen LogP contribution in [0.5, 0.6) is 0 Å². The number of carbonyl (C=O) groups is 1. The lowest BCUT2D eigenvalue weighted by molar-refractivity contribution is -0.172. The highest BCUT2D eigenvalue weighted by Crippen LogP contribution is 2.40. The third kappa shape index (κ3) is 2.10. The zero-order chi connectivity index (χ0) is 19.8. The van der Waals surface area contributed by atoms with Crippen LogP contribution in [0.15, 0.2) is 29.1 Å². The molecule has 0 fully saturated rings. The van der Waals surface area contributed by atoms with Crippen molar-refractivity contribution in [3.8, 4) is 11.4 Å². The van der Waals surface area contributed by atoms with Crippen molar-refractivity contribution in [1.82, 2.24) is 9.55 Å². The number of cyclic esters (lactones) is 1. The van der Waals surface area contributed by atoms with Gasteiger partial charge in [0.1, 0.15) is 6.61 Å². The van der Waals surface area contributed by atoms with Gasteiger partial charge in [-0.1, -0.05) is 18.5 Å². The minimum Gasteiger partial charge on any atom is -0.458 e. The van der Waals surface area contributed by atoms with Crippen molar-refractivity contribution >= 4 is 28.5 Å². The average Bonchev–Trinajstić information content (AvgIpc) is 3.05. The first kappa shape index (κ1) is 17.4. The van der Waals surface area contributed by atoms with Crippen LogP contribution in [-0.4, -0.2) is 20.6 Å². The molecule has 0 bridgehead atoms. The molecule has 4 heterocycles. The second kappa shape index (κ2) is 5.65. The number of hydrogen-bond donors (Lipinski definition) is 1. The maximum atomic E-state index is 13.2. The van der Waals surface area contributed by atoms with E-state index in [9.17, 15) is 14.7 Å². The van der Waals surface area contributed by atoms with Gasteiger partial charge in [0.15, 0.2) is 5.60 Å². The molecular formula is C21H17ClN2O4. The molecule has 0 saturated heterocycles. The second-order valence-corrected chi connectivity index (χ2v) is 7.76. The Balaban J connectivity index is 1.83. The fourth-order valence-electron chi connectivity index (χ4n) is 4.25. The van der Waals surface area contributed by atoms with Gasteiger partial charge < -0.3 is 14.4 Å². The van der Waals surface area contributed by atoms with Crippen molar-refractivity contribution in [3.63, 3.8) is 0 Å².